The van der Waals surface area contributed by atoms with Crippen molar-refractivity contribution in [3.63, 3.8) is 0 Å². The van der Waals surface area contributed by atoms with Crippen molar-refractivity contribution in [1.82, 2.24) is 9.97 Å². The zero-order chi connectivity index (χ0) is 17.7. The van der Waals surface area contributed by atoms with Crippen LogP contribution in [0.5, 0.6) is 0 Å². The number of aromatic nitrogens is 2. The molecule has 0 saturated heterocycles. The van der Waals surface area contributed by atoms with E-state index < -0.39 is 0 Å². The number of carbonyl (C=O) groups excluding carboxylic acids is 1. The van der Waals surface area contributed by atoms with Gasteiger partial charge >= 0.3 is 0 Å². The van der Waals surface area contributed by atoms with Crippen LogP contribution in [0.4, 0.5) is 11.5 Å². The van der Waals surface area contributed by atoms with Crippen molar-refractivity contribution in [2.75, 3.05) is 17.2 Å². The number of nitrogens with one attached hydrogen (secondary N) is 2. The lowest BCUT2D eigenvalue weighted by Crippen LogP contribution is -2.17. The molecule has 0 radical (unpaired) electrons. The van der Waals surface area contributed by atoms with E-state index in [1.807, 2.05) is 26.0 Å². The number of anilines is 2. The third-order valence-corrected chi connectivity index (χ3v) is 3.88. The molecule has 0 fully saturated rings. The van der Waals surface area contributed by atoms with Gasteiger partial charge in [0.1, 0.15) is 17.3 Å². The van der Waals surface area contributed by atoms with Gasteiger partial charge in [-0.15, -0.1) is 0 Å². The summed E-state index contributed by atoms with van der Waals surface area (Å²) in [6.07, 6.45) is 2.14. The van der Waals surface area contributed by atoms with Crippen molar-refractivity contribution in [1.29, 1.82) is 0 Å². The Bertz CT molecular complexity index is 723. The molecule has 1 heterocycles. The summed E-state index contributed by atoms with van der Waals surface area (Å²) in [5.41, 5.74) is 2.90. The number of unbranched alkanes of at least 4 members (excludes halogenated alkanes) is 1. The first kappa shape index (κ1) is 18.2. The molecular formula is C18H23ClN4O. The summed E-state index contributed by atoms with van der Waals surface area (Å²) >= 11 is 6.25. The van der Waals surface area contributed by atoms with E-state index in [4.69, 9.17) is 11.6 Å². The SMILES string of the molecule is CCCCNc1cc(C(=O)Nc2c(C)cc(C)cc2Cl)nc(C)n1. The van der Waals surface area contributed by atoms with Gasteiger partial charge in [0.05, 0.1) is 10.7 Å². The molecule has 0 saturated carbocycles. The molecule has 6 heteroatoms. The average molecular weight is 347 g/mol. The predicted molar refractivity (Wildman–Crippen MR) is 99.0 cm³/mol. The molecule has 24 heavy (non-hydrogen) atoms. The lowest BCUT2D eigenvalue weighted by Gasteiger charge is -2.12. The third-order valence-electron chi connectivity index (χ3n) is 3.58. The fourth-order valence-electron chi connectivity index (χ4n) is 2.42. The van der Waals surface area contributed by atoms with Crippen LogP contribution in [0.2, 0.25) is 5.02 Å². The van der Waals surface area contributed by atoms with Gasteiger partial charge in [-0.25, -0.2) is 9.97 Å². The van der Waals surface area contributed by atoms with Gasteiger partial charge in [-0.3, -0.25) is 4.79 Å². The van der Waals surface area contributed by atoms with Gasteiger partial charge in [0.2, 0.25) is 0 Å². The van der Waals surface area contributed by atoms with Crippen LogP contribution in [0.1, 0.15) is 47.2 Å². The van der Waals surface area contributed by atoms with E-state index in [0.717, 1.165) is 30.5 Å². The highest BCUT2D eigenvalue weighted by Gasteiger charge is 2.14. The molecule has 1 amide bonds. The summed E-state index contributed by atoms with van der Waals surface area (Å²) in [6.45, 7) is 8.59. The van der Waals surface area contributed by atoms with E-state index in [1.54, 1.807) is 13.0 Å². The van der Waals surface area contributed by atoms with Crippen LogP contribution in [0.25, 0.3) is 0 Å². The smallest absolute Gasteiger partial charge is 0.274 e. The van der Waals surface area contributed by atoms with Gasteiger partial charge in [0, 0.05) is 12.6 Å². The van der Waals surface area contributed by atoms with Gasteiger partial charge < -0.3 is 10.6 Å². The number of hydrogen-bond acceptors (Lipinski definition) is 4. The van der Waals surface area contributed by atoms with Gasteiger partial charge in [-0.1, -0.05) is 31.0 Å². The van der Waals surface area contributed by atoms with E-state index in [0.29, 0.717) is 28.0 Å². The van der Waals surface area contributed by atoms with Gasteiger partial charge in [-0.05, 0) is 44.4 Å². The molecule has 0 atom stereocenters. The summed E-state index contributed by atoms with van der Waals surface area (Å²) in [5.74, 6) is 0.911. The second-order valence-corrected chi connectivity index (χ2v) is 6.27. The Morgan fingerprint density at radius 3 is 2.58 bits per heavy atom. The van der Waals surface area contributed by atoms with Crippen LogP contribution in [-0.4, -0.2) is 22.4 Å². The van der Waals surface area contributed by atoms with Crippen LogP contribution in [0, 0.1) is 20.8 Å². The fraction of sp³-hybridized carbons (Fsp3) is 0.389. The molecule has 0 aliphatic carbocycles. The van der Waals surface area contributed by atoms with E-state index in [-0.39, 0.29) is 5.91 Å². The predicted octanol–water partition coefficient (Wildman–Crippen LogP) is 4.52. The number of rotatable bonds is 6. The minimum Gasteiger partial charge on any atom is -0.370 e. The van der Waals surface area contributed by atoms with Crippen LogP contribution in [0.3, 0.4) is 0 Å². The average Bonchev–Trinajstić information content (AvgIpc) is 2.50. The second-order valence-electron chi connectivity index (χ2n) is 5.86. The number of hydrogen-bond donors (Lipinski definition) is 2. The van der Waals surface area contributed by atoms with Gasteiger partial charge in [-0.2, -0.15) is 0 Å². The maximum Gasteiger partial charge on any atom is 0.274 e. The largest absolute Gasteiger partial charge is 0.370 e. The minimum atomic E-state index is -0.298. The molecular weight excluding hydrogens is 324 g/mol. The van der Waals surface area contributed by atoms with Crippen molar-refractivity contribution in [2.45, 2.75) is 40.5 Å². The number of carbonyl (C=O) groups is 1. The molecule has 2 rings (SSSR count). The molecule has 0 bridgehead atoms. The summed E-state index contributed by atoms with van der Waals surface area (Å²) in [5, 5.41) is 6.59. The number of amides is 1. The van der Waals surface area contributed by atoms with Gasteiger partial charge in [0.25, 0.3) is 5.91 Å². The molecule has 0 unspecified atom stereocenters. The Morgan fingerprint density at radius 1 is 1.17 bits per heavy atom. The topological polar surface area (TPSA) is 66.9 Å². The molecule has 0 aliphatic heterocycles. The van der Waals surface area contributed by atoms with E-state index in [1.165, 1.54) is 0 Å². The number of aryl methyl sites for hydroxylation is 3. The quantitative estimate of drug-likeness (QED) is 0.755. The van der Waals surface area contributed by atoms with Crippen molar-refractivity contribution < 1.29 is 4.79 Å². The highest BCUT2D eigenvalue weighted by atomic mass is 35.5. The first-order valence-electron chi connectivity index (χ1n) is 8.08. The maximum atomic E-state index is 12.6. The van der Waals surface area contributed by atoms with Crippen LogP contribution in [-0.2, 0) is 0 Å². The van der Waals surface area contributed by atoms with E-state index in [9.17, 15) is 4.79 Å². The summed E-state index contributed by atoms with van der Waals surface area (Å²) in [4.78, 5) is 21.1. The normalized spacial score (nSPS) is 10.5. The molecule has 1 aromatic heterocycles. The molecule has 2 aromatic rings. The third kappa shape index (κ3) is 4.68. The van der Waals surface area contributed by atoms with Gasteiger partial charge in [0.15, 0.2) is 0 Å². The Morgan fingerprint density at radius 2 is 1.92 bits per heavy atom. The number of nitrogens with zero attached hydrogens (tertiary/aromatic N) is 2. The summed E-state index contributed by atoms with van der Waals surface area (Å²) in [7, 11) is 0. The monoisotopic (exact) mass is 346 g/mol. The highest BCUT2D eigenvalue weighted by molar-refractivity contribution is 6.34. The summed E-state index contributed by atoms with van der Waals surface area (Å²) in [6, 6.07) is 5.47. The Balaban J connectivity index is 2.21. The molecule has 0 spiro atoms. The first-order chi connectivity index (χ1) is 11.4. The number of halogens is 1. The van der Waals surface area contributed by atoms with Crippen molar-refractivity contribution in [2.24, 2.45) is 0 Å². The zero-order valence-electron chi connectivity index (χ0n) is 14.5. The standard InChI is InChI=1S/C18H23ClN4O/c1-5-6-7-20-16-10-15(21-13(4)22-16)18(24)23-17-12(3)8-11(2)9-14(17)19/h8-10H,5-7H2,1-4H3,(H,23,24)(H,20,21,22). The minimum absolute atomic E-state index is 0.298. The van der Waals surface area contributed by atoms with Crippen molar-refractivity contribution in [3.8, 4) is 0 Å². The van der Waals surface area contributed by atoms with Crippen molar-refractivity contribution in [3.05, 3.63) is 45.9 Å². The molecule has 2 N–H and O–H groups in total. The summed E-state index contributed by atoms with van der Waals surface area (Å²) < 4.78 is 0. The highest BCUT2D eigenvalue weighted by Crippen LogP contribution is 2.27. The van der Waals surface area contributed by atoms with Crippen LogP contribution >= 0.6 is 11.6 Å². The Labute approximate surface area is 147 Å². The lowest BCUT2D eigenvalue weighted by atomic mass is 10.1. The molecule has 5 nitrogen and oxygen atoms in total. The zero-order valence-corrected chi connectivity index (χ0v) is 15.3. The molecule has 0 aliphatic rings. The fourth-order valence-corrected chi connectivity index (χ4v) is 2.79. The maximum absolute atomic E-state index is 12.6. The Hall–Kier alpha value is -2.14. The lowest BCUT2D eigenvalue weighted by molar-refractivity contribution is 0.102. The molecule has 1 aromatic carbocycles. The van der Waals surface area contributed by atoms with Crippen LogP contribution < -0.4 is 10.6 Å². The first-order valence-corrected chi connectivity index (χ1v) is 8.46. The molecule has 128 valence electrons. The van der Waals surface area contributed by atoms with Crippen LogP contribution in [0.15, 0.2) is 18.2 Å². The van der Waals surface area contributed by atoms with Crippen molar-refractivity contribution >= 4 is 29.0 Å². The van der Waals surface area contributed by atoms with E-state index >= 15 is 0 Å². The second kappa shape index (κ2) is 8.11. The van der Waals surface area contributed by atoms with E-state index in [2.05, 4.69) is 27.5 Å². The Kier molecular flexibility index (Phi) is 6.15. The number of benzene rings is 1.